The number of allylic oxidation sites excluding steroid dienone is 1. The minimum Gasteiger partial charge on any atom is -0.462 e. The van der Waals surface area contributed by atoms with Gasteiger partial charge in [0.05, 0.1) is 32.0 Å². The molecule has 0 aromatic rings. The van der Waals surface area contributed by atoms with Gasteiger partial charge in [-0.05, 0) is 44.4 Å². The van der Waals surface area contributed by atoms with Gasteiger partial charge in [0.2, 0.25) is 0 Å². The minimum atomic E-state index is -4.62. The average Bonchev–Trinajstić information content (AvgIpc) is 3.91. The van der Waals surface area contributed by atoms with E-state index < -0.39 is 51.8 Å². The summed E-state index contributed by atoms with van der Waals surface area (Å²) in [4.78, 5) is 35.0. The quantitative estimate of drug-likeness (QED) is 0.0178. The lowest BCUT2D eigenvalue weighted by molar-refractivity contribution is -0.161. The topological polar surface area (TPSA) is 161 Å². The predicted octanol–water partition coefficient (Wildman–Crippen LogP) is 10.5. The second-order valence-electron chi connectivity index (χ2n) is 15.9. The van der Waals surface area contributed by atoms with Gasteiger partial charge in [0.1, 0.15) is 12.7 Å². The zero-order chi connectivity index (χ0) is 40.4. The molecule has 1 aliphatic heterocycles. The maximum atomic E-state index is 12.6. The van der Waals surface area contributed by atoms with Crippen LogP contribution in [-0.2, 0) is 37.4 Å². The third kappa shape index (κ3) is 33.4. The maximum absolute atomic E-state index is 12.6. The van der Waals surface area contributed by atoms with Crippen LogP contribution in [0.1, 0.15) is 194 Å². The first-order valence-corrected chi connectivity index (χ1v) is 23.6. The Labute approximate surface area is 334 Å². The number of phosphoric ester groups is 1. The number of ether oxygens (including phenoxy) is 3. The summed E-state index contributed by atoms with van der Waals surface area (Å²) in [6.07, 6.45) is 32.1. The Hall–Kier alpha value is -1.33. The molecular formula is C43H81O11P. The first-order chi connectivity index (χ1) is 26.6. The van der Waals surface area contributed by atoms with E-state index in [2.05, 4.69) is 32.9 Å². The second-order valence-corrected chi connectivity index (χ2v) is 17.4. The van der Waals surface area contributed by atoms with Crippen LogP contribution in [0.4, 0.5) is 0 Å². The molecule has 1 saturated heterocycles. The smallest absolute Gasteiger partial charge is 0.462 e. The second kappa shape index (κ2) is 34.7. The molecule has 0 bridgehead atoms. The van der Waals surface area contributed by atoms with Crippen molar-refractivity contribution in [1.82, 2.24) is 0 Å². The van der Waals surface area contributed by atoms with Gasteiger partial charge in [0.25, 0.3) is 0 Å². The van der Waals surface area contributed by atoms with Crippen molar-refractivity contribution < 1.29 is 52.5 Å². The molecule has 11 nitrogen and oxygen atoms in total. The van der Waals surface area contributed by atoms with Gasteiger partial charge in [-0.25, -0.2) is 4.57 Å². The maximum Gasteiger partial charge on any atom is 0.472 e. The van der Waals surface area contributed by atoms with Crippen molar-refractivity contribution in [3.8, 4) is 0 Å². The highest BCUT2D eigenvalue weighted by molar-refractivity contribution is 7.47. The molecule has 0 aromatic carbocycles. The molecule has 12 heteroatoms. The van der Waals surface area contributed by atoms with E-state index in [-0.39, 0.29) is 19.4 Å². The monoisotopic (exact) mass is 805 g/mol. The molecule has 1 heterocycles. The number of epoxide rings is 1. The van der Waals surface area contributed by atoms with E-state index in [4.69, 9.17) is 28.4 Å². The Morgan fingerprint density at radius 3 is 1.82 bits per heavy atom. The van der Waals surface area contributed by atoms with Crippen LogP contribution < -0.4 is 0 Å². The first-order valence-electron chi connectivity index (χ1n) is 22.1. The van der Waals surface area contributed by atoms with E-state index in [0.717, 1.165) is 63.7 Å². The van der Waals surface area contributed by atoms with Crippen LogP contribution in [0.25, 0.3) is 0 Å². The van der Waals surface area contributed by atoms with Crippen LogP contribution in [0.5, 0.6) is 0 Å². The standard InChI is InChI=1S/C43H81O11P/c1-4-5-23-29-40-41(54-40)30-25-20-16-13-14-17-21-26-31-42(46)50-35-39(36-52-55(48,49)51-34-38(45)33-44)53-43(47)32-27-22-18-12-10-8-6-7-9-11-15-19-24-28-37(2)3/h20,25,37-41,44-45H,4-19,21-24,26-36H2,1-3H3,(H,48,49)/b25-20-/t38-,39+,40?,41?/m0/s1. The summed E-state index contributed by atoms with van der Waals surface area (Å²) >= 11 is 0. The number of esters is 2. The number of phosphoric acid groups is 1. The zero-order valence-corrected chi connectivity index (χ0v) is 35.9. The molecule has 0 saturated carbocycles. The Morgan fingerprint density at radius 1 is 0.691 bits per heavy atom. The van der Waals surface area contributed by atoms with Crippen molar-refractivity contribution in [3.63, 3.8) is 0 Å². The van der Waals surface area contributed by atoms with Crippen LogP contribution in [0.2, 0.25) is 0 Å². The molecule has 3 N–H and O–H groups in total. The Kier molecular flexibility index (Phi) is 32.6. The molecule has 0 radical (unpaired) electrons. The summed E-state index contributed by atoms with van der Waals surface area (Å²) in [7, 11) is -4.62. The molecule has 0 aliphatic carbocycles. The number of aliphatic hydroxyl groups is 2. The molecule has 0 aromatic heterocycles. The van der Waals surface area contributed by atoms with Gasteiger partial charge in [-0.2, -0.15) is 0 Å². The van der Waals surface area contributed by atoms with E-state index in [1.165, 1.54) is 89.9 Å². The normalized spacial score (nSPS) is 17.7. The number of hydrogen-bond acceptors (Lipinski definition) is 10. The molecule has 5 atom stereocenters. The fourth-order valence-electron chi connectivity index (χ4n) is 6.48. The fourth-order valence-corrected chi connectivity index (χ4v) is 7.27. The predicted molar refractivity (Wildman–Crippen MR) is 219 cm³/mol. The molecule has 3 unspecified atom stereocenters. The lowest BCUT2D eigenvalue weighted by Crippen LogP contribution is -2.29. The van der Waals surface area contributed by atoms with Gasteiger partial charge in [-0.1, -0.05) is 155 Å². The molecule has 1 aliphatic rings. The van der Waals surface area contributed by atoms with Crippen molar-refractivity contribution >= 4 is 19.8 Å². The van der Waals surface area contributed by atoms with Crippen molar-refractivity contribution in [2.45, 2.75) is 219 Å². The Bertz CT molecular complexity index is 1010. The largest absolute Gasteiger partial charge is 0.472 e. The SMILES string of the molecule is CCCCCC1OC1C/C=C\CCCCCCCC(=O)OC[C@H](COP(=O)(O)OC[C@@H](O)CO)OC(=O)CCCCCCCCCCCCCCCC(C)C. The molecule has 324 valence electrons. The molecule has 55 heavy (non-hydrogen) atoms. The number of aliphatic hydroxyl groups excluding tert-OH is 2. The lowest BCUT2D eigenvalue weighted by Gasteiger charge is -2.20. The van der Waals surface area contributed by atoms with Crippen LogP contribution in [0.15, 0.2) is 12.2 Å². The number of hydrogen-bond donors (Lipinski definition) is 3. The van der Waals surface area contributed by atoms with Gasteiger partial charge in [0, 0.05) is 12.8 Å². The van der Waals surface area contributed by atoms with Crippen molar-refractivity contribution in [2.75, 3.05) is 26.4 Å². The van der Waals surface area contributed by atoms with Crippen LogP contribution in [-0.4, -0.2) is 77.9 Å². The van der Waals surface area contributed by atoms with Crippen molar-refractivity contribution in [2.24, 2.45) is 5.92 Å². The summed E-state index contributed by atoms with van der Waals surface area (Å²) in [5.41, 5.74) is 0. The Morgan fingerprint density at radius 2 is 1.24 bits per heavy atom. The highest BCUT2D eigenvalue weighted by Gasteiger charge is 2.36. The number of rotatable bonds is 40. The number of unbranched alkanes of at least 4 members (excludes halogenated alkanes) is 19. The Balaban J connectivity index is 2.23. The summed E-state index contributed by atoms with van der Waals surface area (Å²) < 4.78 is 38.5. The van der Waals surface area contributed by atoms with Crippen molar-refractivity contribution in [1.29, 1.82) is 0 Å². The van der Waals surface area contributed by atoms with Gasteiger partial charge in [-0.3, -0.25) is 18.6 Å². The summed E-state index contributed by atoms with van der Waals surface area (Å²) in [5, 5.41) is 18.3. The molecule has 1 fully saturated rings. The number of carbonyl (C=O) groups excluding carboxylic acids is 2. The summed E-state index contributed by atoms with van der Waals surface area (Å²) in [5.74, 6) is -0.126. The van der Waals surface area contributed by atoms with E-state index in [1.807, 2.05) is 0 Å². The molecular weight excluding hydrogens is 723 g/mol. The lowest BCUT2D eigenvalue weighted by atomic mass is 10.0. The van der Waals surface area contributed by atoms with Gasteiger partial charge >= 0.3 is 19.8 Å². The molecule has 1 rings (SSSR count). The minimum absolute atomic E-state index is 0.182. The van der Waals surface area contributed by atoms with E-state index in [9.17, 15) is 24.2 Å². The zero-order valence-electron chi connectivity index (χ0n) is 35.0. The fraction of sp³-hybridized carbons (Fsp3) is 0.907. The van der Waals surface area contributed by atoms with E-state index in [1.54, 1.807) is 0 Å². The van der Waals surface area contributed by atoms with Gasteiger partial charge in [0.15, 0.2) is 6.10 Å². The first kappa shape index (κ1) is 51.7. The third-order valence-electron chi connectivity index (χ3n) is 10.0. The van der Waals surface area contributed by atoms with Gasteiger partial charge < -0.3 is 29.3 Å². The van der Waals surface area contributed by atoms with Crippen LogP contribution in [0, 0.1) is 5.92 Å². The van der Waals surface area contributed by atoms with Crippen LogP contribution >= 0.6 is 7.82 Å². The van der Waals surface area contributed by atoms with Gasteiger partial charge in [-0.15, -0.1) is 0 Å². The van der Waals surface area contributed by atoms with Crippen molar-refractivity contribution in [3.05, 3.63) is 12.2 Å². The number of carbonyl (C=O) groups is 2. The van der Waals surface area contributed by atoms with Crippen LogP contribution in [0.3, 0.4) is 0 Å². The average molecular weight is 805 g/mol. The highest BCUT2D eigenvalue weighted by atomic mass is 31.2. The molecule has 0 spiro atoms. The summed E-state index contributed by atoms with van der Waals surface area (Å²) in [6.45, 7) is 4.67. The van der Waals surface area contributed by atoms with E-state index in [0.29, 0.717) is 25.0 Å². The molecule has 0 amide bonds. The highest BCUT2D eigenvalue weighted by Crippen LogP contribution is 2.43. The third-order valence-corrected chi connectivity index (χ3v) is 11.0. The summed E-state index contributed by atoms with van der Waals surface area (Å²) in [6, 6.07) is 0. The van der Waals surface area contributed by atoms with E-state index >= 15 is 0 Å².